The molecule has 1 unspecified atom stereocenters. The fourth-order valence-corrected chi connectivity index (χ4v) is 3.17. The SMILES string of the molecule is CCN(CC(=O)NCCCc1ccccc1)CC1COc2ccccc2O1. The fourth-order valence-electron chi connectivity index (χ4n) is 3.17. The molecule has 0 spiro atoms. The Bertz CT molecular complexity index is 721. The summed E-state index contributed by atoms with van der Waals surface area (Å²) in [6.07, 6.45) is 1.86. The third-order valence-corrected chi connectivity index (χ3v) is 4.65. The van der Waals surface area contributed by atoms with Crippen molar-refractivity contribution in [2.75, 3.05) is 32.8 Å². The lowest BCUT2D eigenvalue weighted by atomic mass is 10.1. The number of carbonyl (C=O) groups is 1. The average Bonchev–Trinajstić information content (AvgIpc) is 2.71. The summed E-state index contributed by atoms with van der Waals surface area (Å²) in [4.78, 5) is 14.3. The highest BCUT2D eigenvalue weighted by Gasteiger charge is 2.23. The molecule has 0 aliphatic carbocycles. The maximum Gasteiger partial charge on any atom is 0.234 e. The largest absolute Gasteiger partial charge is 0.486 e. The van der Waals surface area contributed by atoms with Gasteiger partial charge in [0, 0.05) is 13.1 Å². The van der Waals surface area contributed by atoms with Crippen LogP contribution >= 0.6 is 0 Å². The molecular weight excluding hydrogens is 340 g/mol. The summed E-state index contributed by atoms with van der Waals surface area (Å²) in [5, 5.41) is 3.02. The number of rotatable bonds is 9. The highest BCUT2D eigenvalue weighted by molar-refractivity contribution is 5.77. The molecule has 5 heteroatoms. The van der Waals surface area contributed by atoms with Gasteiger partial charge in [0.2, 0.25) is 5.91 Å². The first-order valence-corrected chi connectivity index (χ1v) is 9.66. The first kappa shape index (κ1) is 19.2. The summed E-state index contributed by atoms with van der Waals surface area (Å²) in [5.74, 6) is 1.62. The van der Waals surface area contributed by atoms with E-state index in [4.69, 9.17) is 9.47 Å². The smallest absolute Gasteiger partial charge is 0.234 e. The van der Waals surface area contributed by atoms with Gasteiger partial charge in [-0.3, -0.25) is 9.69 Å². The van der Waals surface area contributed by atoms with Crippen molar-refractivity contribution in [2.24, 2.45) is 0 Å². The number of likely N-dealkylation sites (N-methyl/N-ethyl adjacent to an activating group) is 1. The summed E-state index contributed by atoms with van der Waals surface area (Å²) >= 11 is 0. The third-order valence-electron chi connectivity index (χ3n) is 4.65. The van der Waals surface area contributed by atoms with Crippen molar-refractivity contribution >= 4 is 5.91 Å². The Hall–Kier alpha value is -2.53. The van der Waals surface area contributed by atoms with Crippen LogP contribution in [0.15, 0.2) is 54.6 Å². The molecule has 0 saturated carbocycles. The number of nitrogens with one attached hydrogen (secondary N) is 1. The van der Waals surface area contributed by atoms with Gasteiger partial charge in [0.1, 0.15) is 12.7 Å². The number of benzene rings is 2. The summed E-state index contributed by atoms with van der Waals surface area (Å²) < 4.78 is 11.8. The Morgan fingerprint density at radius 1 is 1.11 bits per heavy atom. The van der Waals surface area contributed by atoms with Crippen LogP contribution < -0.4 is 14.8 Å². The van der Waals surface area contributed by atoms with Crippen LogP contribution in [0.5, 0.6) is 11.5 Å². The zero-order valence-corrected chi connectivity index (χ0v) is 15.9. The molecule has 0 fully saturated rings. The minimum Gasteiger partial charge on any atom is -0.486 e. The van der Waals surface area contributed by atoms with Gasteiger partial charge in [0.05, 0.1) is 6.54 Å². The van der Waals surface area contributed by atoms with Crippen LogP contribution in [0.4, 0.5) is 0 Å². The lowest BCUT2D eigenvalue weighted by Crippen LogP contribution is -2.45. The van der Waals surface area contributed by atoms with Gasteiger partial charge in [-0.25, -0.2) is 0 Å². The van der Waals surface area contributed by atoms with E-state index >= 15 is 0 Å². The molecule has 0 aromatic heterocycles. The van der Waals surface area contributed by atoms with Gasteiger partial charge in [0.15, 0.2) is 11.5 Å². The Balaban J connectivity index is 1.37. The third kappa shape index (κ3) is 6.00. The number of para-hydroxylation sites is 2. The lowest BCUT2D eigenvalue weighted by molar-refractivity contribution is -0.122. The van der Waals surface area contributed by atoms with Gasteiger partial charge in [-0.1, -0.05) is 49.4 Å². The second-order valence-electron chi connectivity index (χ2n) is 6.76. The highest BCUT2D eigenvalue weighted by Crippen LogP contribution is 2.30. The maximum absolute atomic E-state index is 12.2. The summed E-state index contributed by atoms with van der Waals surface area (Å²) in [6.45, 7) is 5.10. The van der Waals surface area contributed by atoms with Crippen molar-refractivity contribution in [3.63, 3.8) is 0 Å². The van der Waals surface area contributed by atoms with Crippen LogP contribution in [-0.2, 0) is 11.2 Å². The molecule has 27 heavy (non-hydrogen) atoms. The van der Waals surface area contributed by atoms with Crippen molar-refractivity contribution in [3.8, 4) is 11.5 Å². The number of hydrogen-bond donors (Lipinski definition) is 1. The molecule has 1 N–H and O–H groups in total. The van der Waals surface area contributed by atoms with Crippen molar-refractivity contribution < 1.29 is 14.3 Å². The minimum atomic E-state index is -0.0641. The molecule has 2 aromatic rings. The van der Waals surface area contributed by atoms with E-state index in [0.717, 1.165) is 30.9 Å². The molecule has 1 heterocycles. The number of nitrogens with zero attached hydrogens (tertiary/aromatic N) is 1. The topological polar surface area (TPSA) is 50.8 Å². The first-order chi connectivity index (χ1) is 13.2. The predicted molar refractivity (Wildman–Crippen MR) is 106 cm³/mol. The number of ether oxygens (including phenoxy) is 2. The molecular formula is C22H28N2O3. The molecule has 5 nitrogen and oxygen atoms in total. The number of fused-ring (bicyclic) bond motifs is 1. The monoisotopic (exact) mass is 368 g/mol. The second kappa shape index (κ2) is 9.97. The summed E-state index contributed by atoms with van der Waals surface area (Å²) in [6, 6.07) is 18.0. The van der Waals surface area contributed by atoms with Crippen molar-refractivity contribution in [1.82, 2.24) is 10.2 Å². The van der Waals surface area contributed by atoms with Crippen molar-refractivity contribution in [2.45, 2.75) is 25.9 Å². The average molecular weight is 368 g/mol. The van der Waals surface area contributed by atoms with Gasteiger partial charge in [0.25, 0.3) is 0 Å². The predicted octanol–water partition coefficient (Wildman–Crippen LogP) is 2.90. The van der Waals surface area contributed by atoms with E-state index in [1.54, 1.807) is 0 Å². The molecule has 0 saturated heterocycles. The second-order valence-corrected chi connectivity index (χ2v) is 6.76. The molecule has 0 radical (unpaired) electrons. The number of aryl methyl sites for hydroxylation is 1. The quantitative estimate of drug-likeness (QED) is 0.692. The molecule has 1 atom stereocenters. The maximum atomic E-state index is 12.2. The molecule has 144 valence electrons. The summed E-state index contributed by atoms with van der Waals surface area (Å²) in [5.41, 5.74) is 1.30. The Labute approximate surface area is 161 Å². The molecule has 0 bridgehead atoms. The zero-order chi connectivity index (χ0) is 18.9. The van der Waals surface area contributed by atoms with E-state index < -0.39 is 0 Å². The molecule has 1 amide bonds. The Kier molecular flexibility index (Phi) is 7.11. The van der Waals surface area contributed by atoms with E-state index in [0.29, 0.717) is 26.2 Å². The molecule has 3 rings (SSSR count). The van der Waals surface area contributed by atoms with Crippen LogP contribution in [0.1, 0.15) is 18.9 Å². The normalized spacial score (nSPS) is 15.6. The van der Waals surface area contributed by atoms with E-state index in [1.807, 2.05) is 42.5 Å². The van der Waals surface area contributed by atoms with Gasteiger partial charge < -0.3 is 14.8 Å². The van der Waals surface area contributed by atoms with E-state index in [9.17, 15) is 4.79 Å². The lowest BCUT2D eigenvalue weighted by Gasteiger charge is -2.30. The minimum absolute atomic E-state index is 0.0574. The van der Waals surface area contributed by atoms with E-state index in [-0.39, 0.29) is 12.0 Å². The number of amides is 1. The van der Waals surface area contributed by atoms with Gasteiger partial charge in [-0.2, -0.15) is 0 Å². The molecule has 1 aliphatic heterocycles. The van der Waals surface area contributed by atoms with Gasteiger partial charge in [-0.15, -0.1) is 0 Å². The van der Waals surface area contributed by atoms with E-state index in [1.165, 1.54) is 5.56 Å². The molecule has 2 aromatic carbocycles. The van der Waals surface area contributed by atoms with Crippen LogP contribution in [0.25, 0.3) is 0 Å². The van der Waals surface area contributed by atoms with Crippen LogP contribution in [0, 0.1) is 0 Å². The van der Waals surface area contributed by atoms with Crippen LogP contribution in [-0.4, -0.2) is 49.7 Å². The van der Waals surface area contributed by atoms with Gasteiger partial charge >= 0.3 is 0 Å². The van der Waals surface area contributed by atoms with Gasteiger partial charge in [-0.05, 0) is 37.1 Å². The number of carbonyl (C=O) groups excluding carboxylic acids is 1. The van der Waals surface area contributed by atoms with Crippen LogP contribution in [0.2, 0.25) is 0 Å². The van der Waals surface area contributed by atoms with Crippen LogP contribution in [0.3, 0.4) is 0 Å². The van der Waals surface area contributed by atoms with Crippen molar-refractivity contribution in [1.29, 1.82) is 0 Å². The van der Waals surface area contributed by atoms with Crippen molar-refractivity contribution in [3.05, 3.63) is 60.2 Å². The highest BCUT2D eigenvalue weighted by atomic mass is 16.6. The summed E-state index contributed by atoms with van der Waals surface area (Å²) in [7, 11) is 0. The first-order valence-electron chi connectivity index (χ1n) is 9.66. The number of hydrogen-bond acceptors (Lipinski definition) is 4. The van der Waals surface area contributed by atoms with E-state index in [2.05, 4.69) is 29.3 Å². The Morgan fingerprint density at radius 3 is 2.63 bits per heavy atom. The standard InChI is InChI=1S/C22H28N2O3/c1-2-24(15-19-17-26-20-12-6-7-13-21(20)27-19)16-22(25)23-14-8-11-18-9-4-3-5-10-18/h3-7,9-10,12-13,19H,2,8,11,14-17H2,1H3,(H,23,25). The fraction of sp³-hybridized carbons (Fsp3) is 0.409. The zero-order valence-electron chi connectivity index (χ0n) is 15.9. The Morgan fingerprint density at radius 2 is 1.85 bits per heavy atom. The molecule has 1 aliphatic rings.